The minimum atomic E-state index is -0.00901. The van der Waals surface area contributed by atoms with Crippen molar-refractivity contribution in [2.75, 3.05) is 45.9 Å². The summed E-state index contributed by atoms with van der Waals surface area (Å²) in [6.07, 6.45) is 5.12. The van der Waals surface area contributed by atoms with Gasteiger partial charge in [0.05, 0.1) is 19.1 Å². The highest BCUT2D eigenvalue weighted by molar-refractivity contribution is 7.13. The Hall–Kier alpha value is -1.95. The first-order chi connectivity index (χ1) is 14.7. The lowest BCUT2D eigenvalue weighted by Gasteiger charge is -2.26. The Bertz CT molecular complexity index is 862. The van der Waals surface area contributed by atoms with Gasteiger partial charge < -0.3 is 9.64 Å². The van der Waals surface area contributed by atoms with Crippen LogP contribution in [0.15, 0.2) is 53.4 Å². The minimum Gasteiger partial charge on any atom is -0.377 e. The van der Waals surface area contributed by atoms with Gasteiger partial charge in [-0.2, -0.15) is 0 Å². The largest absolute Gasteiger partial charge is 0.377 e. The van der Waals surface area contributed by atoms with Gasteiger partial charge in [0.2, 0.25) is 5.91 Å². The van der Waals surface area contributed by atoms with Gasteiger partial charge in [0.15, 0.2) is 0 Å². The lowest BCUT2D eigenvalue weighted by atomic mass is 9.93. The number of hydrogen-bond acceptors (Lipinski definition) is 4. The van der Waals surface area contributed by atoms with Crippen LogP contribution in [0.5, 0.6) is 0 Å². The molecule has 1 saturated heterocycles. The van der Waals surface area contributed by atoms with Gasteiger partial charge in [-0.05, 0) is 47.4 Å². The molecule has 1 amide bonds. The van der Waals surface area contributed by atoms with Gasteiger partial charge in [-0.1, -0.05) is 43.3 Å². The van der Waals surface area contributed by atoms with Crippen molar-refractivity contribution in [1.82, 2.24) is 9.80 Å². The van der Waals surface area contributed by atoms with Crippen molar-refractivity contribution < 1.29 is 9.53 Å². The van der Waals surface area contributed by atoms with Gasteiger partial charge in [-0.15, -0.1) is 11.3 Å². The molecule has 0 aliphatic carbocycles. The molecule has 3 heterocycles. The van der Waals surface area contributed by atoms with E-state index in [1.54, 1.807) is 11.3 Å². The summed E-state index contributed by atoms with van der Waals surface area (Å²) in [5, 5.41) is 2.12. The summed E-state index contributed by atoms with van der Waals surface area (Å²) in [4.78, 5) is 19.3. The van der Waals surface area contributed by atoms with Crippen molar-refractivity contribution in [1.29, 1.82) is 0 Å². The lowest BCUT2D eigenvalue weighted by molar-refractivity contribution is -0.134. The summed E-state index contributed by atoms with van der Waals surface area (Å²) >= 11 is 1.76. The molecular formula is C25H32N2O2S. The molecule has 1 aromatic heterocycles. The van der Waals surface area contributed by atoms with Crippen molar-refractivity contribution in [2.45, 2.75) is 26.2 Å². The number of carbonyl (C=O) groups excluding carboxylic acids is 1. The minimum absolute atomic E-state index is 0.00901. The monoisotopic (exact) mass is 424 g/mol. The maximum absolute atomic E-state index is 13.4. The standard InChI is InChI=1S/C25H32N2O2S/c1-2-11-27-13-12-26(17-20-7-5-14-29-19-20)18-22(25(27)28)16-21-8-3-4-9-23(21)24-10-6-15-30-24/h3-4,6-10,15,22H,2,5,11-14,16-19H2,1H3/t22-/m0/s1. The highest BCUT2D eigenvalue weighted by atomic mass is 32.1. The normalized spacial score (nSPS) is 20.8. The molecule has 0 bridgehead atoms. The number of benzene rings is 1. The van der Waals surface area contributed by atoms with E-state index in [1.165, 1.54) is 21.6 Å². The van der Waals surface area contributed by atoms with Gasteiger partial charge in [-0.3, -0.25) is 9.69 Å². The predicted molar refractivity (Wildman–Crippen MR) is 124 cm³/mol. The van der Waals surface area contributed by atoms with E-state index >= 15 is 0 Å². The molecule has 2 aliphatic rings. The number of hydrogen-bond donors (Lipinski definition) is 0. The third-order valence-corrected chi connectivity index (χ3v) is 6.90. The predicted octanol–water partition coefficient (Wildman–Crippen LogP) is 4.47. The first-order valence-corrected chi connectivity index (χ1v) is 12.0. The average molecular weight is 425 g/mol. The number of ether oxygens (including phenoxy) is 1. The summed E-state index contributed by atoms with van der Waals surface area (Å²) in [5.41, 5.74) is 3.90. The Morgan fingerprint density at radius 2 is 2.07 bits per heavy atom. The molecule has 4 nitrogen and oxygen atoms in total. The van der Waals surface area contributed by atoms with Crippen LogP contribution < -0.4 is 0 Å². The molecule has 4 rings (SSSR count). The Morgan fingerprint density at radius 1 is 1.17 bits per heavy atom. The van der Waals surface area contributed by atoms with Gasteiger partial charge in [0.1, 0.15) is 0 Å². The molecule has 0 N–H and O–H groups in total. The average Bonchev–Trinajstić information content (AvgIpc) is 3.27. The van der Waals surface area contributed by atoms with E-state index in [9.17, 15) is 4.79 Å². The maximum atomic E-state index is 13.4. The zero-order chi connectivity index (χ0) is 20.8. The summed E-state index contributed by atoms with van der Waals surface area (Å²) in [6, 6.07) is 12.8. The molecule has 2 aromatic rings. The fraction of sp³-hybridized carbons (Fsp3) is 0.480. The van der Waals surface area contributed by atoms with Crippen LogP contribution in [0.2, 0.25) is 0 Å². The third-order valence-electron chi connectivity index (χ3n) is 6.00. The second-order valence-corrected chi connectivity index (χ2v) is 9.25. The molecule has 160 valence electrons. The zero-order valence-corrected chi connectivity index (χ0v) is 18.7. The number of rotatable bonds is 7. The molecule has 1 atom stereocenters. The van der Waals surface area contributed by atoms with E-state index in [2.05, 4.69) is 64.6 Å². The Balaban J connectivity index is 1.55. The van der Waals surface area contributed by atoms with E-state index in [-0.39, 0.29) is 5.92 Å². The molecule has 1 fully saturated rings. The number of amides is 1. The molecule has 1 aromatic carbocycles. The SMILES string of the molecule is CCCN1CCN(CC2=CCCOC2)C[C@H](Cc2ccccc2-c2cccs2)C1=O. The Kier molecular flexibility index (Phi) is 7.37. The topological polar surface area (TPSA) is 32.8 Å². The highest BCUT2D eigenvalue weighted by Gasteiger charge is 2.31. The zero-order valence-electron chi connectivity index (χ0n) is 17.9. The van der Waals surface area contributed by atoms with Crippen molar-refractivity contribution in [2.24, 2.45) is 5.92 Å². The van der Waals surface area contributed by atoms with Crippen LogP contribution in [0.4, 0.5) is 0 Å². The number of thiophene rings is 1. The maximum Gasteiger partial charge on any atom is 0.227 e. The summed E-state index contributed by atoms with van der Waals surface area (Å²) in [5.74, 6) is 0.305. The van der Waals surface area contributed by atoms with Crippen LogP contribution in [0.25, 0.3) is 10.4 Å². The van der Waals surface area contributed by atoms with Gasteiger partial charge in [0.25, 0.3) is 0 Å². The molecule has 0 unspecified atom stereocenters. The van der Waals surface area contributed by atoms with E-state index in [0.29, 0.717) is 5.91 Å². The van der Waals surface area contributed by atoms with Crippen molar-refractivity contribution in [3.05, 3.63) is 59.0 Å². The molecule has 0 spiro atoms. The third kappa shape index (κ3) is 5.20. The summed E-state index contributed by atoms with van der Waals surface area (Å²) in [6.45, 7) is 8.05. The molecule has 0 saturated carbocycles. The van der Waals surface area contributed by atoms with E-state index in [4.69, 9.17) is 4.74 Å². The lowest BCUT2D eigenvalue weighted by Crippen LogP contribution is -2.38. The second kappa shape index (κ2) is 10.4. The van der Waals surface area contributed by atoms with Gasteiger partial charge in [-0.25, -0.2) is 0 Å². The molecule has 30 heavy (non-hydrogen) atoms. The van der Waals surface area contributed by atoms with E-state index < -0.39 is 0 Å². The highest BCUT2D eigenvalue weighted by Crippen LogP contribution is 2.30. The van der Waals surface area contributed by atoms with Crippen LogP contribution in [0, 0.1) is 5.92 Å². The fourth-order valence-electron chi connectivity index (χ4n) is 4.54. The first kappa shape index (κ1) is 21.3. The number of nitrogens with zero attached hydrogens (tertiary/aromatic N) is 2. The van der Waals surface area contributed by atoms with Crippen molar-refractivity contribution in [3.63, 3.8) is 0 Å². The van der Waals surface area contributed by atoms with Crippen LogP contribution in [-0.4, -0.2) is 61.6 Å². The quantitative estimate of drug-likeness (QED) is 0.615. The van der Waals surface area contributed by atoms with Crippen molar-refractivity contribution in [3.8, 4) is 10.4 Å². The Labute approximate surface area is 184 Å². The van der Waals surface area contributed by atoms with Gasteiger partial charge in [0, 0.05) is 37.6 Å². The van der Waals surface area contributed by atoms with Crippen LogP contribution >= 0.6 is 11.3 Å². The van der Waals surface area contributed by atoms with E-state index in [0.717, 1.165) is 65.2 Å². The molecular weight excluding hydrogens is 392 g/mol. The smallest absolute Gasteiger partial charge is 0.227 e. The van der Waals surface area contributed by atoms with Crippen LogP contribution in [0.3, 0.4) is 0 Å². The first-order valence-electron chi connectivity index (χ1n) is 11.1. The van der Waals surface area contributed by atoms with E-state index in [1.807, 2.05) is 0 Å². The number of carbonyl (C=O) groups is 1. The van der Waals surface area contributed by atoms with Crippen LogP contribution in [-0.2, 0) is 16.0 Å². The molecule has 2 aliphatic heterocycles. The van der Waals surface area contributed by atoms with Crippen LogP contribution in [0.1, 0.15) is 25.3 Å². The Morgan fingerprint density at radius 3 is 2.83 bits per heavy atom. The second-order valence-electron chi connectivity index (χ2n) is 8.30. The van der Waals surface area contributed by atoms with Gasteiger partial charge >= 0.3 is 0 Å². The molecule has 5 heteroatoms. The molecule has 0 radical (unpaired) electrons. The van der Waals surface area contributed by atoms with Crippen molar-refractivity contribution >= 4 is 17.2 Å². The summed E-state index contributed by atoms with van der Waals surface area (Å²) in [7, 11) is 0. The summed E-state index contributed by atoms with van der Waals surface area (Å²) < 4.78 is 5.64. The fourth-order valence-corrected chi connectivity index (χ4v) is 5.33.